The average molecular weight is 298 g/mol. The van der Waals surface area contributed by atoms with Crippen LogP contribution in [0.15, 0.2) is 30.3 Å². The maximum atomic E-state index is 12.4. The van der Waals surface area contributed by atoms with Gasteiger partial charge in [0, 0.05) is 21.7 Å². The molecular formula is C15H13F3OS. The van der Waals surface area contributed by atoms with E-state index in [1.54, 1.807) is 11.3 Å². The Balaban J connectivity index is 2.14. The van der Waals surface area contributed by atoms with Crippen molar-refractivity contribution in [2.45, 2.75) is 26.4 Å². The number of ketones is 1. The van der Waals surface area contributed by atoms with Crippen molar-refractivity contribution < 1.29 is 18.0 Å². The molecule has 1 aromatic heterocycles. The molecule has 1 nitrogen and oxygen atoms in total. The van der Waals surface area contributed by atoms with Crippen molar-refractivity contribution in [1.29, 1.82) is 0 Å². The van der Waals surface area contributed by atoms with Gasteiger partial charge >= 0.3 is 6.18 Å². The van der Waals surface area contributed by atoms with E-state index in [-0.39, 0.29) is 12.2 Å². The van der Waals surface area contributed by atoms with Gasteiger partial charge in [-0.05, 0) is 37.6 Å². The fourth-order valence-electron chi connectivity index (χ4n) is 2.00. The van der Waals surface area contributed by atoms with E-state index in [1.807, 2.05) is 19.9 Å². The largest absolute Gasteiger partial charge is 0.416 e. The monoisotopic (exact) mass is 298 g/mol. The molecule has 0 aliphatic rings. The van der Waals surface area contributed by atoms with Crippen molar-refractivity contribution in [3.05, 3.63) is 56.8 Å². The Hall–Kier alpha value is -1.62. The van der Waals surface area contributed by atoms with Crippen molar-refractivity contribution in [2.24, 2.45) is 0 Å². The molecular weight excluding hydrogens is 285 g/mol. The predicted octanol–water partition coefficient (Wildman–Crippen LogP) is 4.81. The van der Waals surface area contributed by atoms with Gasteiger partial charge in [-0.3, -0.25) is 4.79 Å². The van der Waals surface area contributed by atoms with E-state index in [4.69, 9.17) is 0 Å². The summed E-state index contributed by atoms with van der Waals surface area (Å²) in [5.74, 6) is -0.0633. The second-order valence-corrected chi connectivity index (χ2v) is 6.08. The summed E-state index contributed by atoms with van der Waals surface area (Å²) < 4.78 is 37.3. The number of benzene rings is 1. The Bertz CT molecular complexity index is 624. The van der Waals surface area contributed by atoms with Crippen LogP contribution in [0, 0.1) is 13.8 Å². The summed E-state index contributed by atoms with van der Waals surface area (Å²) in [7, 11) is 0. The minimum absolute atomic E-state index is 0.0633. The van der Waals surface area contributed by atoms with Crippen LogP contribution in [0.4, 0.5) is 13.2 Å². The molecule has 2 rings (SSSR count). The summed E-state index contributed by atoms with van der Waals surface area (Å²) in [6, 6.07) is 6.56. The molecule has 1 aromatic carbocycles. The number of carbonyl (C=O) groups is 1. The number of Topliss-reactive ketones (excluding diaryl/α,β-unsaturated/α-hetero) is 1. The Morgan fingerprint density at radius 1 is 1.15 bits per heavy atom. The zero-order valence-electron chi connectivity index (χ0n) is 11.0. The third kappa shape index (κ3) is 3.28. The standard InChI is InChI=1S/C15H13F3OS/c1-9-7-13(10(2)20-9)14(19)8-11-3-5-12(6-4-11)15(16,17)18/h3-7H,8H2,1-2H3. The number of alkyl halides is 3. The molecule has 0 fully saturated rings. The highest BCUT2D eigenvalue weighted by Crippen LogP contribution is 2.29. The van der Waals surface area contributed by atoms with Gasteiger partial charge in [0.15, 0.2) is 5.78 Å². The lowest BCUT2D eigenvalue weighted by Gasteiger charge is -2.07. The molecule has 0 bridgehead atoms. The van der Waals surface area contributed by atoms with Crippen molar-refractivity contribution in [2.75, 3.05) is 0 Å². The zero-order chi connectivity index (χ0) is 14.9. The SMILES string of the molecule is Cc1cc(C(=O)Cc2ccc(C(F)(F)F)cc2)c(C)s1. The van der Waals surface area contributed by atoms with E-state index in [0.717, 1.165) is 21.9 Å². The van der Waals surface area contributed by atoms with Crippen molar-refractivity contribution in [1.82, 2.24) is 0 Å². The van der Waals surface area contributed by atoms with Gasteiger partial charge in [0.1, 0.15) is 0 Å². The van der Waals surface area contributed by atoms with E-state index in [1.165, 1.54) is 12.1 Å². The fourth-order valence-corrected chi connectivity index (χ4v) is 2.94. The molecule has 0 saturated carbocycles. The smallest absolute Gasteiger partial charge is 0.294 e. The molecule has 0 unspecified atom stereocenters. The number of hydrogen-bond donors (Lipinski definition) is 0. The van der Waals surface area contributed by atoms with E-state index >= 15 is 0 Å². The van der Waals surface area contributed by atoms with E-state index in [0.29, 0.717) is 11.1 Å². The average Bonchev–Trinajstić information content (AvgIpc) is 2.68. The summed E-state index contributed by atoms with van der Waals surface area (Å²) in [6.07, 6.45) is -4.22. The summed E-state index contributed by atoms with van der Waals surface area (Å²) in [5.41, 5.74) is 0.551. The molecule has 0 aliphatic heterocycles. The second-order valence-electron chi connectivity index (χ2n) is 4.62. The molecule has 2 aromatic rings. The van der Waals surface area contributed by atoms with Crippen molar-refractivity contribution in [3.8, 4) is 0 Å². The van der Waals surface area contributed by atoms with Crippen LogP contribution in [0.5, 0.6) is 0 Å². The topological polar surface area (TPSA) is 17.1 Å². The third-order valence-electron chi connectivity index (χ3n) is 2.99. The van der Waals surface area contributed by atoms with Crippen LogP contribution >= 0.6 is 11.3 Å². The normalized spacial score (nSPS) is 11.7. The molecule has 0 aliphatic carbocycles. The van der Waals surface area contributed by atoms with Crippen LogP contribution in [-0.2, 0) is 12.6 Å². The molecule has 0 spiro atoms. The second kappa shape index (κ2) is 5.40. The summed E-state index contributed by atoms with van der Waals surface area (Å²) in [4.78, 5) is 14.1. The lowest BCUT2D eigenvalue weighted by atomic mass is 10.0. The van der Waals surface area contributed by atoms with Crippen LogP contribution in [0.1, 0.15) is 31.2 Å². The first-order chi connectivity index (χ1) is 9.27. The Morgan fingerprint density at radius 3 is 2.20 bits per heavy atom. The Kier molecular flexibility index (Phi) is 3.99. The van der Waals surface area contributed by atoms with Crippen LogP contribution < -0.4 is 0 Å². The Labute approximate surface area is 119 Å². The first kappa shape index (κ1) is 14.8. The maximum Gasteiger partial charge on any atom is 0.416 e. The molecule has 0 radical (unpaired) electrons. The Morgan fingerprint density at radius 2 is 1.75 bits per heavy atom. The van der Waals surface area contributed by atoms with Gasteiger partial charge in [-0.25, -0.2) is 0 Å². The molecule has 0 N–H and O–H groups in total. The van der Waals surface area contributed by atoms with Crippen molar-refractivity contribution >= 4 is 17.1 Å². The van der Waals surface area contributed by atoms with E-state index in [9.17, 15) is 18.0 Å². The molecule has 1 heterocycles. The minimum atomic E-state index is -4.34. The van der Waals surface area contributed by atoms with Gasteiger partial charge in [0.2, 0.25) is 0 Å². The summed E-state index contributed by atoms with van der Waals surface area (Å²) >= 11 is 1.54. The van der Waals surface area contributed by atoms with Crippen LogP contribution in [0.25, 0.3) is 0 Å². The molecule has 0 amide bonds. The van der Waals surface area contributed by atoms with Gasteiger partial charge in [0.05, 0.1) is 5.56 Å². The quantitative estimate of drug-likeness (QED) is 0.743. The van der Waals surface area contributed by atoms with Gasteiger partial charge in [-0.2, -0.15) is 13.2 Å². The molecule has 106 valence electrons. The molecule has 20 heavy (non-hydrogen) atoms. The minimum Gasteiger partial charge on any atom is -0.294 e. The highest BCUT2D eigenvalue weighted by Gasteiger charge is 2.30. The highest BCUT2D eigenvalue weighted by molar-refractivity contribution is 7.12. The predicted molar refractivity (Wildman–Crippen MR) is 73.3 cm³/mol. The zero-order valence-corrected chi connectivity index (χ0v) is 11.9. The number of hydrogen-bond acceptors (Lipinski definition) is 2. The van der Waals surface area contributed by atoms with Crippen LogP contribution in [0.2, 0.25) is 0 Å². The molecule has 0 saturated heterocycles. The number of rotatable bonds is 3. The van der Waals surface area contributed by atoms with Gasteiger partial charge in [0.25, 0.3) is 0 Å². The third-order valence-corrected chi connectivity index (χ3v) is 3.95. The number of aryl methyl sites for hydroxylation is 2. The molecule has 0 atom stereocenters. The fraction of sp³-hybridized carbons (Fsp3) is 0.267. The van der Waals surface area contributed by atoms with Crippen molar-refractivity contribution in [3.63, 3.8) is 0 Å². The first-order valence-electron chi connectivity index (χ1n) is 6.04. The number of carbonyl (C=O) groups excluding carboxylic acids is 1. The van der Waals surface area contributed by atoms with Crippen LogP contribution in [0.3, 0.4) is 0 Å². The number of halogens is 3. The van der Waals surface area contributed by atoms with Gasteiger partial charge in [-0.1, -0.05) is 12.1 Å². The van der Waals surface area contributed by atoms with E-state index in [2.05, 4.69) is 0 Å². The maximum absolute atomic E-state index is 12.4. The first-order valence-corrected chi connectivity index (χ1v) is 6.85. The molecule has 5 heteroatoms. The highest BCUT2D eigenvalue weighted by atomic mass is 32.1. The summed E-state index contributed by atoms with van der Waals surface area (Å²) in [5, 5.41) is 0. The van der Waals surface area contributed by atoms with Gasteiger partial charge in [-0.15, -0.1) is 11.3 Å². The lowest BCUT2D eigenvalue weighted by molar-refractivity contribution is -0.137. The number of thiophene rings is 1. The van der Waals surface area contributed by atoms with Crippen LogP contribution in [-0.4, -0.2) is 5.78 Å². The summed E-state index contributed by atoms with van der Waals surface area (Å²) in [6.45, 7) is 3.80. The van der Waals surface area contributed by atoms with E-state index < -0.39 is 11.7 Å². The lowest BCUT2D eigenvalue weighted by Crippen LogP contribution is -2.06. The van der Waals surface area contributed by atoms with Gasteiger partial charge < -0.3 is 0 Å².